The van der Waals surface area contributed by atoms with Gasteiger partial charge >= 0.3 is 0 Å². The zero-order valence-corrected chi connectivity index (χ0v) is 14.9. The van der Waals surface area contributed by atoms with Gasteiger partial charge in [0.1, 0.15) is 5.82 Å². The monoisotopic (exact) mass is 333 g/mol. The van der Waals surface area contributed by atoms with Crippen LogP contribution in [-0.4, -0.2) is 65.3 Å². The van der Waals surface area contributed by atoms with Gasteiger partial charge in [0.05, 0.1) is 6.10 Å². The molecule has 0 amide bonds. The summed E-state index contributed by atoms with van der Waals surface area (Å²) in [7, 11) is 0. The molecule has 0 bridgehead atoms. The second kappa shape index (κ2) is 8.62. The molecule has 3 heterocycles. The maximum atomic E-state index is 9.58. The van der Waals surface area contributed by atoms with Crippen molar-refractivity contribution in [2.45, 2.75) is 51.6 Å². The second-order valence-electron chi connectivity index (χ2n) is 6.95. The highest BCUT2D eigenvalue weighted by molar-refractivity contribution is 5.44. The van der Waals surface area contributed by atoms with Gasteiger partial charge in [-0.2, -0.15) is 4.98 Å². The smallest absolute Gasteiger partial charge is 0.227 e. The summed E-state index contributed by atoms with van der Waals surface area (Å²) in [6, 6.07) is 2.08. The number of nitrogens with zero attached hydrogens (tertiary/aromatic N) is 4. The minimum Gasteiger partial charge on any atom is -0.393 e. The number of aliphatic hydroxyl groups excluding tert-OH is 1. The van der Waals surface area contributed by atoms with Gasteiger partial charge in [0.2, 0.25) is 5.95 Å². The lowest BCUT2D eigenvalue weighted by Crippen LogP contribution is -2.38. The van der Waals surface area contributed by atoms with Crippen LogP contribution in [0.15, 0.2) is 6.07 Å². The van der Waals surface area contributed by atoms with Crippen molar-refractivity contribution < 1.29 is 5.11 Å². The molecule has 1 aromatic heterocycles. The lowest BCUT2D eigenvalue weighted by atomic mass is 10.1. The van der Waals surface area contributed by atoms with E-state index in [1.54, 1.807) is 0 Å². The van der Waals surface area contributed by atoms with Crippen molar-refractivity contribution in [1.82, 2.24) is 14.9 Å². The number of hydrogen-bond donors (Lipinski definition) is 2. The van der Waals surface area contributed by atoms with E-state index in [4.69, 9.17) is 9.97 Å². The van der Waals surface area contributed by atoms with Crippen molar-refractivity contribution in [1.29, 1.82) is 0 Å². The molecule has 0 radical (unpaired) electrons. The van der Waals surface area contributed by atoms with Gasteiger partial charge < -0.3 is 20.2 Å². The van der Waals surface area contributed by atoms with E-state index in [0.29, 0.717) is 0 Å². The van der Waals surface area contributed by atoms with Crippen LogP contribution in [0.2, 0.25) is 0 Å². The summed E-state index contributed by atoms with van der Waals surface area (Å²) >= 11 is 0. The van der Waals surface area contributed by atoms with Crippen molar-refractivity contribution >= 4 is 11.8 Å². The molecule has 2 N–H and O–H groups in total. The number of nitrogens with one attached hydrogen (secondary N) is 1. The number of aryl methyl sites for hydroxylation is 1. The zero-order valence-electron chi connectivity index (χ0n) is 14.9. The van der Waals surface area contributed by atoms with Crippen LogP contribution in [0.3, 0.4) is 0 Å². The maximum Gasteiger partial charge on any atom is 0.227 e. The Morgan fingerprint density at radius 3 is 2.58 bits per heavy atom. The first kappa shape index (κ1) is 17.4. The Morgan fingerprint density at radius 2 is 1.88 bits per heavy atom. The van der Waals surface area contributed by atoms with Crippen LogP contribution < -0.4 is 10.2 Å². The summed E-state index contributed by atoms with van der Waals surface area (Å²) < 4.78 is 0. The molecule has 134 valence electrons. The van der Waals surface area contributed by atoms with Crippen molar-refractivity contribution in [3.05, 3.63) is 11.8 Å². The average Bonchev–Trinajstić information content (AvgIpc) is 2.64. The molecule has 0 saturated carbocycles. The third-order valence-electron chi connectivity index (χ3n) is 5.06. The summed E-state index contributed by atoms with van der Waals surface area (Å²) in [6.45, 7) is 8.15. The van der Waals surface area contributed by atoms with Crippen molar-refractivity contribution in [3.63, 3.8) is 0 Å². The van der Waals surface area contributed by atoms with Crippen molar-refractivity contribution in [2.75, 3.05) is 49.5 Å². The molecule has 2 aliphatic heterocycles. The van der Waals surface area contributed by atoms with Gasteiger partial charge in [0.15, 0.2) is 0 Å². The SMILES string of the molecule is CCc1cc(NCCN2CCC(O)CC2)nc(N2CCCCC2)n1. The second-order valence-corrected chi connectivity index (χ2v) is 6.95. The summed E-state index contributed by atoms with van der Waals surface area (Å²) in [5, 5.41) is 13.1. The summed E-state index contributed by atoms with van der Waals surface area (Å²) in [4.78, 5) is 14.2. The van der Waals surface area contributed by atoms with Crippen molar-refractivity contribution in [3.8, 4) is 0 Å². The largest absolute Gasteiger partial charge is 0.393 e. The molecule has 2 saturated heterocycles. The first-order valence-corrected chi connectivity index (χ1v) is 9.52. The predicted octanol–water partition coefficient (Wildman–Crippen LogP) is 1.90. The molecular formula is C18H31N5O. The molecule has 0 aromatic carbocycles. The van der Waals surface area contributed by atoms with Gasteiger partial charge in [0.25, 0.3) is 0 Å². The fourth-order valence-corrected chi connectivity index (χ4v) is 3.48. The first-order chi connectivity index (χ1) is 11.7. The molecular weight excluding hydrogens is 302 g/mol. The van der Waals surface area contributed by atoms with Gasteiger partial charge in [-0.3, -0.25) is 0 Å². The average molecular weight is 333 g/mol. The Bertz CT molecular complexity index is 510. The molecule has 6 heteroatoms. The molecule has 0 aliphatic carbocycles. The Hall–Kier alpha value is -1.40. The lowest BCUT2D eigenvalue weighted by molar-refractivity contribution is 0.0845. The lowest BCUT2D eigenvalue weighted by Gasteiger charge is -2.29. The highest BCUT2D eigenvalue weighted by atomic mass is 16.3. The summed E-state index contributed by atoms with van der Waals surface area (Å²) in [6.07, 6.45) is 6.42. The third kappa shape index (κ3) is 4.80. The van der Waals surface area contributed by atoms with Crippen LogP contribution >= 0.6 is 0 Å². The molecule has 0 unspecified atom stereocenters. The Labute approximate surface area is 145 Å². The van der Waals surface area contributed by atoms with Crippen LogP contribution in [0, 0.1) is 0 Å². The first-order valence-electron chi connectivity index (χ1n) is 9.52. The molecule has 2 aliphatic rings. The van der Waals surface area contributed by atoms with E-state index in [0.717, 1.165) is 76.0 Å². The van der Waals surface area contributed by atoms with E-state index < -0.39 is 0 Å². The van der Waals surface area contributed by atoms with E-state index >= 15 is 0 Å². The van der Waals surface area contributed by atoms with E-state index in [1.807, 2.05) is 0 Å². The number of piperidine rings is 2. The van der Waals surface area contributed by atoms with Crippen molar-refractivity contribution in [2.24, 2.45) is 0 Å². The molecule has 3 rings (SSSR count). The zero-order chi connectivity index (χ0) is 16.8. The minimum atomic E-state index is -0.102. The molecule has 1 aromatic rings. The van der Waals surface area contributed by atoms with E-state index in [-0.39, 0.29) is 6.10 Å². The number of rotatable bonds is 6. The number of likely N-dealkylation sites (tertiary alicyclic amines) is 1. The van der Waals surface area contributed by atoms with Crippen LogP contribution in [0.25, 0.3) is 0 Å². The van der Waals surface area contributed by atoms with Crippen LogP contribution in [0.4, 0.5) is 11.8 Å². The highest BCUT2D eigenvalue weighted by Crippen LogP contribution is 2.19. The number of hydrogen-bond acceptors (Lipinski definition) is 6. The fourth-order valence-electron chi connectivity index (χ4n) is 3.48. The number of aliphatic hydroxyl groups is 1. The van der Waals surface area contributed by atoms with Gasteiger partial charge in [-0.25, -0.2) is 4.98 Å². The molecule has 0 atom stereocenters. The number of aromatic nitrogens is 2. The highest BCUT2D eigenvalue weighted by Gasteiger charge is 2.17. The van der Waals surface area contributed by atoms with Crippen LogP contribution in [-0.2, 0) is 6.42 Å². The van der Waals surface area contributed by atoms with Gasteiger partial charge in [-0.1, -0.05) is 6.92 Å². The number of anilines is 2. The van der Waals surface area contributed by atoms with E-state index in [9.17, 15) is 5.11 Å². The van der Waals surface area contributed by atoms with Gasteiger partial charge in [-0.15, -0.1) is 0 Å². The summed E-state index contributed by atoms with van der Waals surface area (Å²) in [5.41, 5.74) is 1.11. The van der Waals surface area contributed by atoms with E-state index in [1.165, 1.54) is 19.3 Å². The fraction of sp³-hybridized carbons (Fsp3) is 0.778. The molecule has 0 spiro atoms. The normalized spacial score (nSPS) is 20.3. The Morgan fingerprint density at radius 1 is 1.12 bits per heavy atom. The summed E-state index contributed by atoms with van der Waals surface area (Å²) in [5.74, 6) is 1.83. The standard InChI is InChI=1S/C18H31N5O/c1-2-15-14-17(19-8-13-22-11-6-16(24)7-12-22)21-18(20-15)23-9-4-3-5-10-23/h14,16,24H,2-13H2,1H3,(H,19,20,21). The quantitative estimate of drug-likeness (QED) is 0.829. The van der Waals surface area contributed by atoms with Crippen LogP contribution in [0.1, 0.15) is 44.7 Å². The topological polar surface area (TPSA) is 64.5 Å². The van der Waals surface area contributed by atoms with Gasteiger partial charge in [0, 0.05) is 51.0 Å². The van der Waals surface area contributed by atoms with Crippen LogP contribution in [0.5, 0.6) is 0 Å². The maximum absolute atomic E-state index is 9.58. The van der Waals surface area contributed by atoms with E-state index in [2.05, 4.69) is 28.1 Å². The molecule has 24 heavy (non-hydrogen) atoms. The molecule has 6 nitrogen and oxygen atoms in total. The Balaban J connectivity index is 1.56. The minimum absolute atomic E-state index is 0.102. The Kier molecular flexibility index (Phi) is 6.26. The third-order valence-corrected chi connectivity index (χ3v) is 5.06. The molecule has 2 fully saturated rings. The van der Waals surface area contributed by atoms with Gasteiger partial charge in [-0.05, 0) is 38.5 Å². The predicted molar refractivity (Wildman–Crippen MR) is 97.6 cm³/mol.